The van der Waals surface area contributed by atoms with Gasteiger partial charge in [0.05, 0.1) is 6.04 Å². The van der Waals surface area contributed by atoms with E-state index in [1.165, 1.54) is 25.8 Å². The molecule has 1 nitrogen and oxygen atoms in total. The summed E-state index contributed by atoms with van der Waals surface area (Å²) < 4.78 is 0. The zero-order valence-electron chi connectivity index (χ0n) is 6.34. The fraction of sp³-hybridized carbons (Fsp3) is 0.750. The molecule has 0 aromatic carbocycles. The maximum absolute atomic E-state index is 5.30. The van der Waals surface area contributed by atoms with Crippen molar-refractivity contribution in [2.75, 3.05) is 13.6 Å². The Hall–Kier alpha value is -0.190. The molecule has 1 unspecified atom stereocenters. The fourth-order valence-corrected chi connectivity index (χ4v) is 1.29. The highest BCUT2D eigenvalue weighted by Crippen LogP contribution is 2.13. The van der Waals surface area contributed by atoms with Crippen molar-refractivity contribution in [1.82, 2.24) is 4.90 Å². The number of likely N-dealkylation sites (tertiary alicyclic amines) is 1. The predicted octanol–water partition coefficient (Wildman–Crippen LogP) is 1.53. The van der Waals surface area contributed by atoms with Gasteiger partial charge in [-0.3, -0.25) is 4.90 Å². The Morgan fingerprint density at radius 3 is 2.60 bits per heavy atom. The second-order valence-electron chi connectivity index (χ2n) is 2.66. The van der Waals surface area contributed by atoms with Crippen LogP contribution in [0.4, 0.5) is 0 Å². The monoisotopic (exact) mass is 159 g/mol. The largest absolute Gasteiger partial charge is 0.293 e. The Bertz CT molecular complexity index is 128. The molecule has 0 aromatic heterocycles. The molecule has 1 heterocycles. The summed E-state index contributed by atoms with van der Waals surface area (Å²) >= 11 is 0. The lowest BCUT2D eigenvalue weighted by atomic mass is 10.0. The molecular formula is C8H14ClN. The molecule has 0 N–H and O–H groups in total. The maximum Gasteiger partial charge on any atom is 0.0709 e. The third kappa shape index (κ3) is 2.21. The van der Waals surface area contributed by atoms with E-state index in [1.807, 2.05) is 0 Å². The Balaban J connectivity index is 0.000000810. The molecule has 0 saturated carbocycles. The Kier molecular flexibility index (Phi) is 4.51. The topological polar surface area (TPSA) is 3.24 Å². The highest BCUT2D eigenvalue weighted by atomic mass is 35.5. The van der Waals surface area contributed by atoms with Crippen LogP contribution in [0.2, 0.25) is 0 Å². The van der Waals surface area contributed by atoms with Gasteiger partial charge in [0, 0.05) is 0 Å². The summed E-state index contributed by atoms with van der Waals surface area (Å²) in [5.41, 5.74) is 0. The molecular weight excluding hydrogens is 146 g/mol. The van der Waals surface area contributed by atoms with Gasteiger partial charge in [-0.25, -0.2) is 0 Å². The molecule has 0 aromatic rings. The minimum atomic E-state index is 0. The van der Waals surface area contributed by atoms with E-state index in [9.17, 15) is 0 Å². The van der Waals surface area contributed by atoms with Crippen LogP contribution in [0.1, 0.15) is 19.3 Å². The van der Waals surface area contributed by atoms with E-state index in [0.29, 0.717) is 6.04 Å². The van der Waals surface area contributed by atoms with E-state index in [1.54, 1.807) is 0 Å². The van der Waals surface area contributed by atoms with Crippen molar-refractivity contribution in [3.8, 4) is 12.3 Å². The quantitative estimate of drug-likeness (QED) is 0.485. The molecule has 0 bridgehead atoms. The van der Waals surface area contributed by atoms with Gasteiger partial charge >= 0.3 is 0 Å². The van der Waals surface area contributed by atoms with Crippen LogP contribution in [-0.4, -0.2) is 24.5 Å². The van der Waals surface area contributed by atoms with Gasteiger partial charge in [-0.2, -0.15) is 0 Å². The van der Waals surface area contributed by atoms with Crippen LogP contribution in [0.15, 0.2) is 0 Å². The highest BCUT2D eigenvalue weighted by molar-refractivity contribution is 5.85. The van der Waals surface area contributed by atoms with Gasteiger partial charge in [0.1, 0.15) is 0 Å². The predicted molar refractivity (Wildman–Crippen MR) is 46.4 cm³/mol. The van der Waals surface area contributed by atoms with Crippen LogP contribution < -0.4 is 0 Å². The number of nitrogens with zero attached hydrogens (tertiary/aromatic N) is 1. The Morgan fingerprint density at radius 2 is 2.20 bits per heavy atom. The lowest BCUT2D eigenvalue weighted by molar-refractivity contribution is 0.229. The lowest BCUT2D eigenvalue weighted by Gasteiger charge is -2.28. The average Bonchev–Trinajstić information content (AvgIpc) is 1.89. The van der Waals surface area contributed by atoms with Crippen LogP contribution in [0, 0.1) is 12.3 Å². The van der Waals surface area contributed by atoms with Crippen LogP contribution in [0.25, 0.3) is 0 Å². The number of halogens is 1. The molecule has 1 aliphatic heterocycles. The van der Waals surface area contributed by atoms with Crippen molar-refractivity contribution in [1.29, 1.82) is 0 Å². The van der Waals surface area contributed by atoms with Gasteiger partial charge in [0.15, 0.2) is 0 Å². The second kappa shape index (κ2) is 4.60. The molecule has 1 rings (SSSR count). The number of rotatable bonds is 0. The maximum atomic E-state index is 5.30. The normalized spacial score (nSPS) is 26.6. The molecule has 0 aliphatic carbocycles. The summed E-state index contributed by atoms with van der Waals surface area (Å²) in [6, 6.07) is 0.416. The van der Waals surface area contributed by atoms with Gasteiger partial charge in [0.2, 0.25) is 0 Å². The van der Waals surface area contributed by atoms with Gasteiger partial charge < -0.3 is 0 Å². The highest BCUT2D eigenvalue weighted by Gasteiger charge is 2.14. The van der Waals surface area contributed by atoms with Crippen molar-refractivity contribution >= 4 is 12.4 Å². The Morgan fingerprint density at radius 1 is 1.50 bits per heavy atom. The third-order valence-corrected chi connectivity index (χ3v) is 1.96. The lowest BCUT2D eigenvalue weighted by Crippen LogP contribution is -2.34. The molecule has 58 valence electrons. The second-order valence-corrected chi connectivity index (χ2v) is 2.66. The molecule has 1 aliphatic rings. The van der Waals surface area contributed by atoms with Crippen LogP contribution in [-0.2, 0) is 0 Å². The van der Waals surface area contributed by atoms with Gasteiger partial charge in [-0.05, 0) is 32.9 Å². The zero-order chi connectivity index (χ0) is 6.69. The van der Waals surface area contributed by atoms with E-state index >= 15 is 0 Å². The summed E-state index contributed by atoms with van der Waals surface area (Å²) in [7, 11) is 2.10. The molecule has 10 heavy (non-hydrogen) atoms. The van der Waals surface area contributed by atoms with Gasteiger partial charge in [-0.1, -0.05) is 5.92 Å². The van der Waals surface area contributed by atoms with E-state index in [4.69, 9.17) is 6.42 Å². The van der Waals surface area contributed by atoms with Crippen molar-refractivity contribution in [2.24, 2.45) is 0 Å². The fourth-order valence-electron chi connectivity index (χ4n) is 1.29. The van der Waals surface area contributed by atoms with Gasteiger partial charge in [0.25, 0.3) is 0 Å². The standard InChI is InChI=1S/C8H13N.ClH/c1-3-8-6-4-5-7-9(8)2;/h1,8H,4-7H2,2H3;1H. The number of terminal acetylenes is 1. The number of hydrogen-bond donors (Lipinski definition) is 0. The Labute approximate surface area is 69.2 Å². The summed E-state index contributed by atoms with van der Waals surface area (Å²) in [4.78, 5) is 2.25. The average molecular weight is 160 g/mol. The summed E-state index contributed by atoms with van der Waals surface area (Å²) in [6.07, 6.45) is 9.11. The molecule has 1 atom stereocenters. The minimum absolute atomic E-state index is 0. The molecule has 0 amide bonds. The van der Waals surface area contributed by atoms with Gasteiger partial charge in [-0.15, -0.1) is 18.8 Å². The number of piperidine rings is 1. The van der Waals surface area contributed by atoms with Crippen molar-refractivity contribution in [2.45, 2.75) is 25.3 Å². The smallest absolute Gasteiger partial charge is 0.0709 e. The third-order valence-electron chi connectivity index (χ3n) is 1.96. The van der Waals surface area contributed by atoms with Crippen molar-refractivity contribution < 1.29 is 0 Å². The first kappa shape index (κ1) is 9.81. The SMILES string of the molecule is C#CC1CCCCN1C.Cl. The first-order valence-corrected chi connectivity index (χ1v) is 3.51. The van der Waals surface area contributed by atoms with E-state index in [-0.39, 0.29) is 12.4 Å². The van der Waals surface area contributed by atoms with E-state index < -0.39 is 0 Å². The van der Waals surface area contributed by atoms with Crippen molar-refractivity contribution in [3.63, 3.8) is 0 Å². The zero-order valence-corrected chi connectivity index (χ0v) is 7.16. The van der Waals surface area contributed by atoms with Crippen LogP contribution in [0.5, 0.6) is 0 Å². The first-order chi connectivity index (χ1) is 4.34. The summed E-state index contributed by atoms with van der Waals surface area (Å²) in [5.74, 6) is 2.78. The molecule has 0 spiro atoms. The molecule has 0 radical (unpaired) electrons. The van der Waals surface area contributed by atoms with Crippen LogP contribution >= 0.6 is 12.4 Å². The minimum Gasteiger partial charge on any atom is -0.293 e. The molecule has 1 fully saturated rings. The molecule has 2 heteroatoms. The van der Waals surface area contributed by atoms with Crippen molar-refractivity contribution in [3.05, 3.63) is 0 Å². The number of hydrogen-bond acceptors (Lipinski definition) is 1. The molecule has 1 saturated heterocycles. The summed E-state index contributed by atoms with van der Waals surface area (Å²) in [5, 5.41) is 0. The van der Waals surface area contributed by atoms with E-state index in [2.05, 4.69) is 17.9 Å². The van der Waals surface area contributed by atoms with Crippen LogP contribution in [0.3, 0.4) is 0 Å². The first-order valence-electron chi connectivity index (χ1n) is 3.51. The summed E-state index contributed by atoms with van der Waals surface area (Å²) in [6.45, 7) is 1.18. The van der Waals surface area contributed by atoms with E-state index in [0.717, 1.165) is 0 Å².